The zero-order valence-corrected chi connectivity index (χ0v) is 14.5. The van der Waals surface area contributed by atoms with Crippen molar-refractivity contribution in [1.82, 2.24) is 0 Å². The van der Waals surface area contributed by atoms with E-state index >= 15 is 0 Å². The summed E-state index contributed by atoms with van der Waals surface area (Å²) in [5, 5.41) is 57.2. The lowest BCUT2D eigenvalue weighted by molar-refractivity contribution is -0.341. The van der Waals surface area contributed by atoms with Crippen molar-refractivity contribution in [2.45, 2.75) is 49.8 Å². The fourth-order valence-corrected chi connectivity index (χ4v) is 3.24. The van der Waals surface area contributed by atoms with Gasteiger partial charge in [-0.25, -0.2) is 4.79 Å². The topological polar surface area (TPSA) is 200 Å². The minimum absolute atomic E-state index is 0.315. The molecule has 0 aromatic carbocycles. The summed E-state index contributed by atoms with van der Waals surface area (Å²) in [6.07, 6.45) is -9.01. The lowest BCUT2D eigenvalue weighted by atomic mass is 9.80. The Bertz CT molecular complexity index is 617. The maximum absolute atomic E-state index is 11.4. The number of aldehydes is 1. The van der Waals surface area contributed by atoms with Gasteiger partial charge in [0.05, 0.1) is 24.9 Å². The zero-order chi connectivity index (χ0) is 21.0. The van der Waals surface area contributed by atoms with Crippen LogP contribution in [0.15, 0.2) is 11.8 Å². The molecule has 0 aliphatic carbocycles. The Kier molecular flexibility index (Phi) is 7.46. The SMILES string of the molecule is O=CC[C@H]1[C@H](O[C@@H]2O[C@H](CO)[C@@H](O)[C@H](O)[C@H]2O)OC=C(C(=O)O)[C@H]1CC(=O)O. The van der Waals surface area contributed by atoms with E-state index in [2.05, 4.69) is 0 Å². The van der Waals surface area contributed by atoms with Gasteiger partial charge in [-0.05, 0) is 0 Å². The van der Waals surface area contributed by atoms with Gasteiger partial charge in [-0.1, -0.05) is 0 Å². The number of hydrogen-bond donors (Lipinski definition) is 6. The monoisotopic (exact) mass is 406 g/mol. The van der Waals surface area contributed by atoms with Gasteiger partial charge < -0.3 is 49.6 Å². The Balaban J connectivity index is 2.26. The molecule has 6 N–H and O–H groups in total. The predicted molar refractivity (Wildman–Crippen MR) is 85.4 cm³/mol. The fourth-order valence-electron chi connectivity index (χ4n) is 3.24. The van der Waals surface area contributed by atoms with Gasteiger partial charge in [-0.3, -0.25) is 4.79 Å². The molecule has 158 valence electrons. The molecule has 1 saturated heterocycles. The smallest absolute Gasteiger partial charge is 0.335 e. The van der Waals surface area contributed by atoms with Crippen LogP contribution in [0, 0.1) is 11.8 Å². The molecule has 0 aromatic heterocycles. The molecule has 0 radical (unpaired) electrons. The molecular formula is C16H22O12. The number of carbonyl (C=O) groups excluding carboxylic acids is 1. The second-order valence-electron chi connectivity index (χ2n) is 6.49. The zero-order valence-electron chi connectivity index (χ0n) is 14.5. The average molecular weight is 406 g/mol. The third kappa shape index (κ3) is 4.66. The summed E-state index contributed by atoms with van der Waals surface area (Å²) in [7, 11) is 0. The van der Waals surface area contributed by atoms with Crippen molar-refractivity contribution in [2.24, 2.45) is 11.8 Å². The highest BCUT2D eigenvalue weighted by atomic mass is 16.8. The van der Waals surface area contributed by atoms with E-state index in [0.29, 0.717) is 6.29 Å². The Morgan fingerprint density at radius 2 is 1.79 bits per heavy atom. The van der Waals surface area contributed by atoms with Crippen LogP contribution in [-0.2, 0) is 28.6 Å². The highest BCUT2D eigenvalue weighted by molar-refractivity contribution is 5.88. The van der Waals surface area contributed by atoms with E-state index in [4.69, 9.17) is 19.3 Å². The highest BCUT2D eigenvalue weighted by Gasteiger charge is 2.48. The van der Waals surface area contributed by atoms with Gasteiger partial charge in [0.2, 0.25) is 6.29 Å². The van der Waals surface area contributed by atoms with E-state index in [1.807, 2.05) is 0 Å². The molecule has 2 aliphatic rings. The molecule has 0 bridgehead atoms. The van der Waals surface area contributed by atoms with Crippen LogP contribution in [0.3, 0.4) is 0 Å². The maximum atomic E-state index is 11.4. The molecule has 0 aromatic rings. The Labute approximate surface area is 158 Å². The Hall–Kier alpha value is -2.09. The average Bonchev–Trinajstić information content (AvgIpc) is 2.64. The van der Waals surface area contributed by atoms with E-state index in [1.165, 1.54) is 0 Å². The number of aliphatic carboxylic acids is 2. The van der Waals surface area contributed by atoms with Crippen molar-refractivity contribution in [3.63, 3.8) is 0 Å². The molecule has 12 nitrogen and oxygen atoms in total. The fraction of sp³-hybridized carbons (Fsp3) is 0.688. The van der Waals surface area contributed by atoms with Gasteiger partial charge in [0.15, 0.2) is 6.29 Å². The van der Waals surface area contributed by atoms with Crippen LogP contribution in [0.2, 0.25) is 0 Å². The van der Waals surface area contributed by atoms with Crippen molar-refractivity contribution in [3.8, 4) is 0 Å². The number of aliphatic hydroxyl groups is 4. The van der Waals surface area contributed by atoms with Crippen LogP contribution in [0.4, 0.5) is 0 Å². The number of rotatable bonds is 8. The van der Waals surface area contributed by atoms with Crippen molar-refractivity contribution >= 4 is 18.2 Å². The van der Waals surface area contributed by atoms with Gasteiger partial charge in [0, 0.05) is 18.3 Å². The molecule has 0 unspecified atom stereocenters. The number of hydrogen-bond acceptors (Lipinski definition) is 10. The third-order valence-electron chi connectivity index (χ3n) is 4.72. The summed E-state index contributed by atoms with van der Waals surface area (Å²) in [6, 6.07) is 0. The molecule has 2 rings (SSSR count). The Morgan fingerprint density at radius 3 is 2.32 bits per heavy atom. The van der Waals surface area contributed by atoms with Crippen LogP contribution in [0.25, 0.3) is 0 Å². The summed E-state index contributed by atoms with van der Waals surface area (Å²) >= 11 is 0. The summed E-state index contributed by atoms with van der Waals surface area (Å²) in [5.74, 6) is -4.91. The molecule has 12 heteroatoms. The van der Waals surface area contributed by atoms with Crippen LogP contribution >= 0.6 is 0 Å². The van der Waals surface area contributed by atoms with Gasteiger partial charge in [-0.15, -0.1) is 0 Å². The van der Waals surface area contributed by atoms with E-state index in [9.17, 15) is 39.9 Å². The van der Waals surface area contributed by atoms with Gasteiger partial charge in [0.1, 0.15) is 30.7 Å². The summed E-state index contributed by atoms with van der Waals surface area (Å²) in [4.78, 5) is 33.6. The first-order valence-electron chi connectivity index (χ1n) is 8.41. The van der Waals surface area contributed by atoms with E-state index in [-0.39, 0.29) is 12.0 Å². The summed E-state index contributed by atoms with van der Waals surface area (Å²) in [6.45, 7) is -0.696. The number of carboxylic acid groups (broad SMARTS) is 2. The molecule has 28 heavy (non-hydrogen) atoms. The molecule has 0 spiro atoms. The molecule has 1 fully saturated rings. The molecule has 8 atom stereocenters. The molecule has 0 saturated carbocycles. The number of carbonyl (C=O) groups is 3. The van der Waals surface area contributed by atoms with Crippen LogP contribution in [0.5, 0.6) is 0 Å². The quantitative estimate of drug-likeness (QED) is 0.230. The van der Waals surface area contributed by atoms with Crippen molar-refractivity contribution in [1.29, 1.82) is 0 Å². The van der Waals surface area contributed by atoms with Gasteiger partial charge in [0.25, 0.3) is 0 Å². The van der Waals surface area contributed by atoms with Crippen LogP contribution < -0.4 is 0 Å². The third-order valence-corrected chi connectivity index (χ3v) is 4.72. The minimum Gasteiger partial charge on any atom is -0.481 e. The first-order valence-corrected chi connectivity index (χ1v) is 8.41. The van der Waals surface area contributed by atoms with E-state index in [1.54, 1.807) is 0 Å². The molecule has 0 amide bonds. The normalized spacial score (nSPS) is 38.2. The Morgan fingerprint density at radius 1 is 1.11 bits per heavy atom. The first-order chi connectivity index (χ1) is 13.2. The van der Waals surface area contributed by atoms with Crippen LogP contribution in [-0.4, -0.2) is 92.5 Å². The maximum Gasteiger partial charge on any atom is 0.335 e. The largest absolute Gasteiger partial charge is 0.481 e. The number of ether oxygens (including phenoxy) is 3. The van der Waals surface area contributed by atoms with Crippen LogP contribution in [0.1, 0.15) is 12.8 Å². The van der Waals surface area contributed by atoms with Crippen molar-refractivity contribution in [2.75, 3.05) is 6.61 Å². The van der Waals surface area contributed by atoms with Gasteiger partial charge in [-0.2, -0.15) is 0 Å². The van der Waals surface area contributed by atoms with E-state index in [0.717, 1.165) is 6.26 Å². The molecule has 2 heterocycles. The van der Waals surface area contributed by atoms with Crippen molar-refractivity contribution < 1.29 is 59.2 Å². The second-order valence-corrected chi connectivity index (χ2v) is 6.49. The minimum atomic E-state index is -1.75. The number of aliphatic hydroxyl groups excluding tert-OH is 4. The highest BCUT2D eigenvalue weighted by Crippen LogP contribution is 2.37. The summed E-state index contributed by atoms with van der Waals surface area (Å²) < 4.78 is 15.8. The molecule has 2 aliphatic heterocycles. The number of carboxylic acids is 2. The first kappa shape index (κ1) is 22.2. The molecular weight excluding hydrogens is 384 g/mol. The standard InChI is InChI=1S/C16H22O12/c17-2-1-6-7(3-10(19)20)8(14(24)25)5-26-15(6)28-16-13(23)12(22)11(21)9(4-18)27-16/h2,5-7,9,11-13,15-16,18,21-23H,1,3-4H2,(H,19,20)(H,24,25)/t6-,7+,9-,11-,12+,13-,15+,16+/m1/s1. The van der Waals surface area contributed by atoms with Crippen molar-refractivity contribution in [3.05, 3.63) is 11.8 Å². The van der Waals surface area contributed by atoms with Gasteiger partial charge >= 0.3 is 11.9 Å². The predicted octanol–water partition coefficient (Wildman–Crippen LogP) is -2.58. The van der Waals surface area contributed by atoms with E-state index < -0.39 is 73.8 Å². The second kappa shape index (κ2) is 9.41. The lowest BCUT2D eigenvalue weighted by Crippen LogP contribution is -2.60. The summed E-state index contributed by atoms with van der Waals surface area (Å²) in [5.41, 5.74) is -0.358. The lowest BCUT2D eigenvalue weighted by Gasteiger charge is -2.43.